The molecule has 3 heterocycles. The number of anilines is 2. The second-order valence-electron chi connectivity index (χ2n) is 9.62. The third-order valence-electron chi connectivity index (χ3n) is 6.44. The molecule has 4 aromatic rings. The fourth-order valence-electron chi connectivity index (χ4n) is 4.61. The molecular formula is C27H26F4N6O3S. The average Bonchev–Trinajstić information content (AvgIpc) is 2.91. The molecule has 1 aliphatic heterocycles. The summed E-state index contributed by atoms with van der Waals surface area (Å²) < 4.78 is 85.4. The van der Waals surface area contributed by atoms with E-state index in [1.165, 1.54) is 18.3 Å². The van der Waals surface area contributed by atoms with E-state index in [9.17, 15) is 26.0 Å². The van der Waals surface area contributed by atoms with E-state index in [-0.39, 0.29) is 28.4 Å². The molecule has 1 saturated heterocycles. The van der Waals surface area contributed by atoms with E-state index >= 15 is 0 Å². The van der Waals surface area contributed by atoms with Crippen LogP contribution in [0, 0.1) is 12.7 Å². The first-order valence-corrected chi connectivity index (χ1v) is 14.4. The van der Waals surface area contributed by atoms with E-state index in [1.807, 2.05) is 0 Å². The number of alkyl halides is 3. The Labute approximate surface area is 233 Å². The van der Waals surface area contributed by atoms with Gasteiger partial charge in [-0.05, 0) is 62.2 Å². The van der Waals surface area contributed by atoms with Gasteiger partial charge in [0.15, 0.2) is 5.75 Å². The minimum absolute atomic E-state index is 0.0171. The first-order chi connectivity index (χ1) is 19.5. The van der Waals surface area contributed by atoms with E-state index < -0.39 is 33.5 Å². The number of nitrogens with zero attached hydrogens (tertiary/aromatic N) is 3. The van der Waals surface area contributed by atoms with Gasteiger partial charge < -0.3 is 15.4 Å². The molecule has 0 bridgehead atoms. The second kappa shape index (κ2) is 11.4. The highest BCUT2D eigenvalue weighted by molar-refractivity contribution is 7.92. The van der Waals surface area contributed by atoms with Gasteiger partial charge in [-0.25, -0.2) is 27.8 Å². The summed E-state index contributed by atoms with van der Waals surface area (Å²) in [7, 11) is -4.94. The summed E-state index contributed by atoms with van der Waals surface area (Å²) in [5.41, 5.74) is 1.05. The summed E-state index contributed by atoms with van der Waals surface area (Å²) in [6.45, 7) is 3.49. The normalized spacial score (nSPS) is 16.0. The van der Waals surface area contributed by atoms with Crippen LogP contribution in [0.25, 0.3) is 22.0 Å². The predicted molar refractivity (Wildman–Crippen MR) is 147 cm³/mol. The van der Waals surface area contributed by atoms with E-state index in [4.69, 9.17) is 4.74 Å². The van der Waals surface area contributed by atoms with Crippen LogP contribution in [0.3, 0.4) is 0 Å². The molecule has 41 heavy (non-hydrogen) atoms. The van der Waals surface area contributed by atoms with Gasteiger partial charge in [0, 0.05) is 35.8 Å². The van der Waals surface area contributed by atoms with Crippen molar-refractivity contribution in [2.24, 2.45) is 0 Å². The number of hydrogen-bond acceptors (Lipinski definition) is 8. The third-order valence-corrected chi connectivity index (χ3v) is 7.66. The van der Waals surface area contributed by atoms with Crippen molar-refractivity contribution in [1.29, 1.82) is 0 Å². The van der Waals surface area contributed by atoms with Crippen LogP contribution in [0.2, 0.25) is 0 Å². The van der Waals surface area contributed by atoms with E-state index in [2.05, 4.69) is 25.6 Å². The molecule has 0 spiro atoms. The molecule has 1 fully saturated rings. The van der Waals surface area contributed by atoms with Gasteiger partial charge in [-0.2, -0.15) is 13.2 Å². The highest BCUT2D eigenvalue weighted by atomic mass is 32.2. The third kappa shape index (κ3) is 6.82. The summed E-state index contributed by atoms with van der Waals surface area (Å²) in [5, 5.41) is 6.94. The lowest BCUT2D eigenvalue weighted by atomic mass is 10.0. The zero-order chi connectivity index (χ0) is 29.2. The Morgan fingerprint density at radius 3 is 2.63 bits per heavy atom. The fourth-order valence-corrected chi connectivity index (χ4v) is 5.63. The number of benzene rings is 2. The highest BCUT2D eigenvalue weighted by Crippen LogP contribution is 2.40. The predicted octanol–water partition coefficient (Wildman–Crippen LogP) is 5.40. The standard InChI is InChI=1S/C27H26F4N6O3S/c1-16-6-7-18-19(8-9-21(28)23(18)37-41(38,39)15-27(29,30)31)24(16)40-25-20(5-3-12-33-25)22-10-13-34-26(36-22)35-17-4-2-11-32-14-17/h3,5-10,12-13,17,32,37H,2,4,11,14-15H2,1H3,(H,34,35,36). The first-order valence-electron chi connectivity index (χ1n) is 12.7. The Balaban J connectivity index is 1.50. The quantitative estimate of drug-likeness (QED) is 0.234. The van der Waals surface area contributed by atoms with Crippen LogP contribution in [0.1, 0.15) is 18.4 Å². The minimum atomic E-state index is -5.00. The number of halogens is 4. The number of pyridine rings is 1. The van der Waals surface area contributed by atoms with Gasteiger partial charge >= 0.3 is 6.18 Å². The lowest BCUT2D eigenvalue weighted by Gasteiger charge is -2.23. The molecule has 0 aliphatic carbocycles. The van der Waals surface area contributed by atoms with Crippen molar-refractivity contribution < 1.29 is 30.7 Å². The number of sulfonamides is 1. The number of hydrogen-bond donors (Lipinski definition) is 3. The molecule has 0 saturated carbocycles. The summed E-state index contributed by atoms with van der Waals surface area (Å²) in [4.78, 5) is 13.3. The van der Waals surface area contributed by atoms with Crippen LogP contribution >= 0.6 is 0 Å². The van der Waals surface area contributed by atoms with Crippen molar-refractivity contribution in [2.75, 3.05) is 28.9 Å². The Morgan fingerprint density at radius 1 is 1.07 bits per heavy atom. The molecular weight excluding hydrogens is 564 g/mol. The van der Waals surface area contributed by atoms with Crippen LogP contribution in [-0.2, 0) is 10.0 Å². The van der Waals surface area contributed by atoms with Crippen molar-refractivity contribution >= 4 is 32.4 Å². The van der Waals surface area contributed by atoms with Crippen LogP contribution < -0.4 is 20.1 Å². The molecule has 1 atom stereocenters. The molecule has 5 rings (SSSR count). The van der Waals surface area contributed by atoms with Crippen molar-refractivity contribution in [3.63, 3.8) is 0 Å². The Kier molecular flexibility index (Phi) is 7.95. The summed E-state index contributed by atoms with van der Waals surface area (Å²) in [6.07, 6.45) is 0.151. The Bertz CT molecular complexity index is 1680. The summed E-state index contributed by atoms with van der Waals surface area (Å²) in [6, 6.07) is 10.6. The van der Waals surface area contributed by atoms with Gasteiger partial charge in [-0.15, -0.1) is 0 Å². The molecule has 216 valence electrons. The highest BCUT2D eigenvalue weighted by Gasteiger charge is 2.36. The van der Waals surface area contributed by atoms with Crippen molar-refractivity contribution in [2.45, 2.75) is 32.0 Å². The zero-order valence-electron chi connectivity index (χ0n) is 21.8. The van der Waals surface area contributed by atoms with Crippen molar-refractivity contribution in [3.8, 4) is 22.9 Å². The SMILES string of the molecule is Cc1ccc2c(NS(=O)(=O)CC(F)(F)F)c(F)ccc2c1Oc1ncccc1-c1ccnc(NC2CCCNC2)n1. The topological polar surface area (TPSA) is 118 Å². The molecule has 3 N–H and O–H groups in total. The van der Waals surface area contributed by atoms with Crippen molar-refractivity contribution in [3.05, 3.63) is 66.2 Å². The summed E-state index contributed by atoms with van der Waals surface area (Å²) in [5.74, 6) is -2.37. The first kappa shape index (κ1) is 28.5. The van der Waals surface area contributed by atoms with E-state index in [0.29, 0.717) is 22.8 Å². The molecule has 2 aromatic heterocycles. The minimum Gasteiger partial charge on any atom is -0.437 e. The monoisotopic (exact) mass is 590 g/mol. The number of aromatic nitrogens is 3. The lowest BCUT2D eigenvalue weighted by Crippen LogP contribution is -2.38. The summed E-state index contributed by atoms with van der Waals surface area (Å²) >= 11 is 0. The van der Waals surface area contributed by atoms with Gasteiger partial charge in [0.1, 0.15) is 11.6 Å². The van der Waals surface area contributed by atoms with Gasteiger partial charge in [0.05, 0.1) is 16.9 Å². The number of fused-ring (bicyclic) bond motifs is 1. The maximum Gasteiger partial charge on any atom is 0.404 e. The zero-order valence-corrected chi connectivity index (χ0v) is 22.6. The fraction of sp³-hybridized carbons (Fsp3) is 0.296. The van der Waals surface area contributed by atoms with Gasteiger partial charge in [0.25, 0.3) is 0 Å². The van der Waals surface area contributed by atoms with Crippen LogP contribution in [0.5, 0.6) is 11.6 Å². The van der Waals surface area contributed by atoms with Gasteiger partial charge in [-0.3, -0.25) is 4.72 Å². The van der Waals surface area contributed by atoms with Crippen LogP contribution in [0.4, 0.5) is 29.2 Å². The van der Waals surface area contributed by atoms with E-state index in [0.717, 1.165) is 32.0 Å². The molecule has 14 heteroatoms. The average molecular weight is 591 g/mol. The molecule has 9 nitrogen and oxygen atoms in total. The van der Waals surface area contributed by atoms with Gasteiger partial charge in [-0.1, -0.05) is 12.1 Å². The van der Waals surface area contributed by atoms with E-state index in [1.54, 1.807) is 42.1 Å². The largest absolute Gasteiger partial charge is 0.437 e. The molecule has 0 amide bonds. The number of rotatable bonds is 8. The lowest BCUT2D eigenvalue weighted by molar-refractivity contribution is -0.106. The number of piperidine rings is 1. The van der Waals surface area contributed by atoms with Crippen LogP contribution in [0.15, 0.2) is 54.9 Å². The smallest absolute Gasteiger partial charge is 0.404 e. The second-order valence-corrected chi connectivity index (χ2v) is 11.3. The Hall–Kier alpha value is -4.04. The molecule has 0 radical (unpaired) electrons. The van der Waals surface area contributed by atoms with Gasteiger partial charge in [0.2, 0.25) is 21.9 Å². The maximum atomic E-state index is 14.7. The number of nitrogens with one attached hydrogen (secondary N) is 3. The van der Waals surface area contributed by atoms with Crippen molar-refractivity contribution in [1.82, 2.24) is 20.3 Å². The maximum absolute atomic E-state index is 14.7. The van der Waals surface area contributed by atoms with Crippen LogP contribution in [-0.4, -0.2) is 54.4 Å². The number of ether oxygens (including phenoxy) is 1. The molecule has 1 aliphatic rings. The number of aryl methyl sites for hydroxylation is 1. The molecule has 1 unspecified atom stereocenters. The Morgan fingerprint density at radius 2 is 1.88 bits per heavy atom. The molecule has 2 aromatic carbocycles.